The highest BCUT2D eigenvalue weighted by Gasteiger charge is 2.06. The van der Waals surface area contributed by atoms with E-state index in [1.165, 1.54) is 77.0 Å². The van der Waals surface area contributed by atoms with E-state index in [9.17, 15) is 9.59 Å². The summed E-state index contributed by atoms with van der Waals surface area (Å²) in [5.74, 6) is -0.508. The minimum atomic E-state index is -0.254. The first-order valence-electron chi connectivity index (χ1n) is 12.8. The van der Waals surface area contributed by atoms with Gasteiger partial charge in [-0.1, -0.05) is 102 Å². The number of unbranched alkanes of at least 4 members (excludes halogenated alkanes) is 12. The lowest BCUT2D eigenvalue weighted by molar-refractivity contribution is -0.144. The van der Waals surface area contributed by atoms with Gasteiger partial charge in [-0.15, -0.1) is 0 Å². The van der Waals surface area contributed by atoms with Crippen LogP contribution in [0.15, 0.2) is 24.3 Å². The standard InChI is InChI=1S/C27H48O4/c1-3-5-7-9-11-13-15-17-19-24-30-26(28)22-21-23-27(29)31-25-20-18-16-14-12-10-8-6-4-2/h17-20H,3-16,21-25H2,1-2H3/b19-17+,20-18+. The van der Waals surface area contributed by atoms with Gasteiger partial charge in [0.05, 0.1) is 0 Å². The van der Waals surface area contributed by atoms with Crippen molar-refractivity contribution in [2.45, 2.75) is 123 Å². The number of esters is 2. The second-order valence-electron chi connectivity index (χ2n) is 8.28. The fourth-order valence-electron chi connectivity index (χ4n) is 3.26. The maximum absolute atomic E-state index is 11.7. The number of rotatable bonds is 22. The molecule has 0 fully saturated rings. The van der Waals surface area contributed by atoms with Gasteiger partial charge in [-0.3, -0.25) is 9.59 Å². The maximum Gasteiger partial charge on any atom is 0.306 e. The molecule has 180 valence electrons. The van der Waals surface area contributed by atoms with E-state index >= 15 is 0 Å². The Labute approximate surface area is 191 Å². The van der Waals surface area contributed by atoms with Gasteiger partial charge in [0.15, 0.2) is 0 Å². The normalized spacial score (nSPS) is 11.4. The summed E-state index contributed by atoms with van der Waals surface area (Å²) in [4.78, 5) is 23.4. The van der Waals surface area contributed by atoms with E-state index in [1.807, 2.05) is 12.2 Å². The fourth-order valence-corrected chi connectivity index (χ4v) is 3.26. The second kappa shape index (κ2) is 24.7. The lowest BCUT2D eigenvalue weighted by Crippen LogP contribution is -2.08. The molecule has 0 aromatic rings. The average molecular weight is 437 g/mol. The van der Waals surface area contributed by atoms with E-state index in [1.54, 1.807) is 0 Å². The molecule has 0 bridgehead atoms. The van der Waals surface area contributed by atoms with E-state index in [2.05, 4.69) is 26.0 Å². The number of carbonyl (C=O) groups excluding carboxylic acids is 2. The van der Waals surface area contributed by atoms with Gasteiger partial charge in [-0.05, 0) is 32.1 Å². The Balaban J connectivity index is 3.45. The summed E-state index contributed by atoms with van der Waals surface area (Å²) in [7, 11) is 0. The molecule has 0 N–H and O–H groups in total. The summed E-state index contributed by atoms with van der Waals surface area (Å²) in [6.45, 7) is 5.10. The molecule has 0 rings (SSSR count). The third-order valence-electron chi connectivity index (χ3n) is 5.22. The molecule has 0 unspecified atom stereocenters. The van der Waals surface area contributed by atoms with E-state index < -0.39 is 0 Å². The summed E-state index contributed by atoms with van der Waals surface area (Å²) in [5, 5.41) is 0. The van der Waals surface area contributed by atoms with Crippen molar-refractivity contribution in [2.24, 2.45) is 0 Å². The Hall–Kier alpha value is -1.58. The Kier molecular flexibility index (Phi) is 23.4. The Morgan fingerprint density at radius 3 is 1.32 bits per heavy atom. The van der Waals surface area contributed by atoms with Gasteiger partial charge in [-0.2, -0.15) is 0 Å². The molecule has 0 aromatic heterocycles. The Morgan fingerprint density at radius 2 is 0.903 bits per heavy atom. The van der Waals surface area contributed by atoms with Crippen molar-refractivity contribution in [1.82, 2.24) is 0 Å². The molecule has 0 spiro atoms. The van der Waals surface area contributed by atoms with Crippen molar-refractivity contribution in [3.8, 4) is 0 Å². The van der Waals surface area contributed by atoms with Crippen LogP contribution in [0.3, 0.4) is 0 Å². The lowest BCUT2D eigenvalue weighted by Gasteiger charge is -2.03. The average Bonchev–Trinajstić information content (AvgIpc) is 2.76. The lowest BCUT2D eigenvalue weighted by atomic mass is 10.1. The molecule has 4 nitrogen and oxygen atoms in total. The number of hydrogen-bond acceptors (Lipinski definition) is 4. The summed E-state index contributed by atoms with van der Waals surface area (Å²) in [5.41, 5.74) is 0. The van der Waals surface area contributed by atoms with Crippen molar-refractivity contribution in [3.63, 3.8) is 0 Å². The van der Waals surface area contributed by atoms with Gasteiger partial charge >= 0.3 is 11.9 Å². The molecule has 0 aliphatic carbocycles. The molecule has 4 heteroatoms. The molecule has 0 atom stereocenters. The van der Waals surface area contributed by atoms with Crippen LogP contribution in [0.25, 0.3) is 0 Å². The van der Waals surface area contributed by atoms with Crippen molar-refractivity contribution in [1.29, 1.82) is 0 Å². The molecule has 0 aliphatic rings. The number of allylic oxidation sites excluding steroid dienone is 2. The zero-order valence-corrected chi connectivity index (χ0v) is 20.4. The van der Waals surface area contributed by atoms with E-state index in [0.717, 1.165) is 12.8 Å². The van der Waals surface area contributed by atoms with Crippen molar-refractivity contribution >= 4 is 11.9 Å². The highest BCUT2D eigenvalue weighted by Crippen LogP contribution is 2.08. The largest absolute Gasteiger partial charge is 0.461 e. The highest BCUT2D eigenvalue weighted by atomic mass is 16.5. The topological polar surface area (TPSA) is 52.6 Å². The molecule has 31 heavy (non-hydrogen) atoms. The summed E-state index contributed by atoms with van der Waals surface area (Å²) in [6.07, 6.45) is 26.5. The quantitative estimate of drug-likeness (QED) is 0.0984. The first kappa shape index (κ1) is 29.4. The number of carbonyl (C=O) groups is 2. The minimum Gasteiger partial charge on any atom is -0.461 e. The SMILES string of the molecule is CCCCCCCC/C=C/COC(=O)CCCC(=O)OC/C=C/CCCCCCCC. The summed E-state index contributed by atoms with van der Waals surface area (Å²) in [6, 6.07) is 0. The van der Waals surface area contributed by atoms with Gasteiger partial charge in [0.25, 0.3) is 0 Å². The van der Waals surface area contributed by atoms with Gasteiger partial charge in [0, 0.05) is 12.8 Å². The molecular formula is C27H48O4. The predicted molar refractivity (Wildman–Crippen MR) is 130 cm³/mol. The third-order valence-corrected chi connectivity index (χ3v) is 5.22. The van der Waals surface area contributed by atoms with Crippen LogP contribution in [0, 0.1) is 0 Å². The van der Waals surface area contributed by atoms with Crippen LogP contribution in [0.1, 0.15) is 123 Å². The zero-order chi connectivity index (χ0) is 22.8. The van der Waals surface area contributed by atoms with Crippen LogP contribution < -0.4 is 0 Å². The highest BCUT2D eigenvalue weighted by molar-refractivity contribution is 5.72. The number of ether oxygens (including phenoxy) is 2. The molecule has 0 aliphatic heterocycles. The molecular weight excluding hydrogens is 388 g/mol. The van der Waals surface area contributed by atoms with Gasteiger partial charge in [-0.25, -0.2) is 0 Å². The monoisotopic (exact) mass is 436 g/mol. The van der Waals surface area contributed by atoms with Gasteiger partial charge < -0.3 is 9.47 Å². The van der Waals surface area contributed by atoms with Gasteiger partial charge in [0.2, 0.25) is 0 Å². The van der Waals surface area contributed by atoms with Crippen molar-refractivity contribution in [2.75, 3.05) is 13.2 Å². The van der Waals surface area contributed by atoms with Gasteiger partial charge in [0.1, 0.15) is 13.2 Å². The fraction of sp³-hybridized carbons (Fsp3) is 0.778. The van der Waals surface area contributed by atoms with E-state index in [0.29, 0.717) is 19.6 Å². The number of hydrogen-bond donors (Lipinski definition) is 0. The summed E-state index contributed by atoms with van der Waals surface area (Å²) < 4.78 is 10.3. The second-order valence-corrected chi connectivity index (χ2v) is 8.28. The van der Waals surface area contributed by atoms with Crippen LogP contribution in [-0.2, 0) is 19.1 Å². The first-order valence-corrected chi connectivity index (χ1v) is 12.8. The molecule has 0 saturated carbocycles. The third kappa shape index (κ3) is 24.6. The Morgan fingerprint density at radius 1 is 0.516 bits per heavy atom. The molecule has 0 aromatic carbocycles. The van der Waals surface area contributed by atoms with E-state index in [-0.39, 0.29) is 24.8 Å². The predicted octanol–water partition coefficient (Wildman–Crippen LogP) is 7.86. The minimum absolute atomic E-state index is 0.254. The van der Waals surface area contributed by atoms with Crippen molar-refractivity contribution in [3.05, 3.63) is 24.3 Å². The molecule has 0 radical (unpaired) electrons. The van der Waals surface area contributed by atoms with Crippen LogP contribution in [0.5, 0.6) is 0 Å². The smallest absolute Gasteiger partial charge is 0.306 e. The van der Waals surface area contributed by atoms with E-state index in [4.69, 9.17) is 9.47 Å². The van der Waals surface area contributed by atoms with Crippen LogP contribution in [0.2, 0.25) is 0 Å². The zero-order valence-electron chi connectivity index (χ0n) is 20.4. The summed E-state index contributed by atoms with van der Waals surface area (Å²) >= 11 is 0. The van der Waals surface area contributed by atoms with Crippen LogP contribution >= 0.6 is 0 Å². The maximum atomic E-state index is 11.7. The Bertz CT molecular complexity index is 426. The van der Waals surface area contributed by atoms with Crippen molar-refractivity contribution < 1.29 is 19.1 Å². The molecule has 0 amide bonds. The van der Waals surface area contributed by atoms with Crippen LogP contribution in [0.4, 0.5) is 0 Å². The molecule has 0 saturated heterocycles. The first-order chi connectivity index (χ1) is 15.2. The van der Waals surface area contributed by atoms with Crippen LogP contribution in [-0.4, -0.2) is 25.2 Å². The molecule has 0 heterocycles.